The Bertz CT molecular complexity index is 856. The molecule has 3 N–H and O–H groups in total. The highest BCUT2D eigenvalue weighted by Gasteiger charge is 2.18. The summed E-state index contributed by atoms with van der Waals surface area (Å²) in [6, 6.07) is 15.8. The molecule has 0 bridgehead atoms. The molecule has 1 aliphatic rings. The van der Waals surface area contributed by atoms with Crippen LogP contribution in [0.4, 0.5) is 11.4 Å². The minimum Gasteiger partial charge on any atom is -0.748 e. The van der Waals surface area contributed by atoms with Gasteiger partial charge in [0.15, 0.2) is 0 Å². The number of aliphatic imine (C=N–C) groups is 1. The summed E-state index contributed by atoms with van der Waals surface area (Å²) in [5, 5.41) is 11.9. The third-order valence-electron chi connectivity index (χ3n) is 3.63. The fourth-order valence-corrected chi connectivity index (χ4v) is 2.50. The fraction of sp³-hybridized carbons (Fsp3) is 0.278. The highest BCUT2D eigenvalue weighted by Crippen LogP contribution is 2.27. The van der Waals surface area contributed by atoms with Crippen molar-refractivity contribution in [3.63, 3.8) is 0 Å². The molecule has 0 radical (unpaired) electrons. The normalized spacial score (nSPS) is 13.6. The molecule has 0 saturated carbocycles. The molecule has 0 unspecified atom stereocenters. The SMILES string of the molecule is CS(=O)(=O)[O-].Cc1ccc(N(CC2=NCC[NH2+]2)c2cccc(O)c2)cc1. The first kappa shape index (κ1) is 19.9. The van der Waals surface area contributed by atoms with E-state index in [2.05, 4.69) is 46.4 Å². The van der Waals surface area contributed by atoms with Crippen LogP contribution >= 0.6 is 0 Å². The Kier molecular flexibility index (Phi) is 6.73. The number of rotatable bonds is 4. The monoisotopic (exact) mass is 377 g/mol. The number of aromatic hydroxyl groups is 1. The van der Waals surface area contributed by atoms with Crippen LogP contribution in [-0.2, 0) is 10.1 Å². The molecule has 8 heteroatoms. The Morgan fingerprint density at radius 2 is 1.85 bits per heavy atom. The first-order chi connectivity index (χ1) is 12.2. The second-order valence-electron chi connectivity index (χ2n) is 6.01. The van der Waals surface area contributed by atoms with Gasteiger partial charge in [0, 0.05) is 23.7 Å². The molecule has 0 aliphatic carbocycles. The first-order valence-corrected chi connectivity index (χ1v) is 9.94. The Hall–Kier alpha value is -2.42. The van der Waals surface area contributed by atoms with Crippen LogP contribution < -0.4 is 10.2 Å². The van der Waals surface area contributed by atoms with Gasteiger partial charge in [-0.15, -0.1) is 0 Å². The Labute approximate surface area is 153 Å². The lowest BCUT2D eigenvalue weighted by molar-refractivity contribution is -0.529. The highest BCUT2D eigenvalue weighted by atomic mass is 32.2. The molecule has 0 spiro atoms. The predicted molar refractivity (Wildman–Crippen MR) is 101 cm³/mol. The molecule has 140 valence electrons. The van der Waals surface area contributed by atoms with E-state index in [4.69, 9.17) is 13.0 Å². The van der Waals surface area contributed by atoms with Crippen molar-refractivity contribution in [2.45, 2.75) is 6.92 Å². The summed E-state index contributed by atoms with van der Waals surface area (Å²) < 4.78 is 27.2. The van der Waals surface area contributed by atoms with Gasteiger partial charge >= 0.3 is 0 Å². The highest BCUT2D eigenvalue weighted by molar-refractivity contribution is 7.84. The summed E-state index contributed by atoms with van der Waals surface area (Å²) in [5.74, 6) is 1.39. The van der Waals surface area contributed by atoms with Crippen molar-refractivity contribution in [2.24, 2.45) is 4.99 Å². The van der Waals surface area contributed by atoms with Gasteiger partial charge in [-0.1, -0.05) is 23.8 Å². The number of phenolic OH excluding ortho intramolecular Hbond substituents is 1. The number of aryl methyl sites for hydroxylation is 1. The van der Waals surface area contributed by atoms with Gasteiger partial charge in [0.25, 0.3) is 0 Å². The van der Waals surface area contributed by atoms with Crippen LogP contribution in [0, 0.1) is 6.92 Å². The largest absolute Gasteiger partial charge is 0.748 e. The number of anilines is 2. The van der Waals surface area contributed by atoms with Crippen molar-refractivity contribution in [3.8, 4) is 5.75 Å². The van der Waals surface area contributed by atoms with Crippen molar-refractivity contribution < 1.29 is 23.4 Å². The summed E-state index contributed by atoms with van der Waals surface area (Å²) in [5.41, 5.74) is 3.32. The summed E-state index contributed by atoms with van der Waals surface area (Å²) in [4.78, 5) is 6.70. The first-order valence-electron chi connectivity index (χ1n) is 8.13. The summed E-state index contributed by atoms with van der Waals surface area (Å²) in [6.07, 6.45) is 0.604. The number of hydrogen-bond acceptors (Lipinski definition) is 6. The van der Waals surface area contributed by atoms with E-state index in [1.807, 2.05) is 12.1 Å². The third-order valence-corrected chi connectivity index (χ3v) is 3.63. The number of quaternary nitrogens is 1. The lowest BCUT2D eigenvalue weighted by atomic mass is 10.2. The molecule has 2 aromatic carbocycles. The standard InChI is InChI=1S/C17H19N3O.CH4O3S/c1-13-5-7-14(8-6-13)20(12-17-18-9-10-19-17)15-3-2-4-16(21)11-15;1-5(2,3)4/h2-8,11,21H,9-10,12H2,1H3,(H,18,19);1H3,(H,2,3,4). The number of phenols is 1. The van der Waals surface area contributed by atoms with Gasteiger partial charge in [-0.05, 0) is 31.2 Å². The molecule has 26 heavy (non-hydrogen) atoms. The smallest absolute Gasteiger partial charge is 0.215 e. The van der Waals surface area contributed by atoms with Crippen molar-refractivity contribution in [3.05, 3.63) is 54.1 Å². The van der Waals surface area contributed by atoms with Crippen LogP contribution in [0.3, 0.4) is 0 Å². The van der Waals surface area contributed by atoms with Gasteiger partial charge in [0.05, 0.1) is 16.7 Å². The molecular weight excluding hydrogens is 354 g/mol. The lowest BCUT2D eigenvalue weighted by Crippen LogP contribution is -2.87. The van der Waals surface area contributed by atoms with Crippen molar-refractivity contribution >= 4 is 27.3 Å². The number of nitrogens with zero attached hydrogens (tertiary/aromatic N) is 2. The van der Waals surface area contributed by atoms with E-state index in [1.165, 1.54) is 5.56 Å². The zero-order valence-electron chi connectivity index (χ0n) is 14.8. The molecule has 0 amide bonds. The quantitative estimate of drug-likeness (QED) is 0.772. The predicted octanol–water partition coefficient (Wildman–Crippen LogP) is 0.976. The molecule has 0 fully saturated rings. The summed E-state index contributed by atoms with van der Waals surface area (Å²) in [7, 11) is -3.92. The van der Waals surface area contributed by atoms with Gasteiger partial charge in [-0.2, -0.15) is 0 Å². The molecule has 1 heterocycles. The van der Waals surface area contributed by atoms with Crippen LogP contribution in [0.25, 0.3) is 0 Å². The van der Waals surface area contributed by atoms with Gasteiger partial charge < -0.3 is 14.6 Å². The molecule has 2 aromatic rings. The lowest BCUT2D eigenvalue weighted by Gasteiger charge is -2.24. The Balaban J connectivity index is 0.000000431. The van der Waals surface area contributed by atoms with Crippen LogP contribution in [0.15, 0.2) is 53.5 Å². The van der Waals surface area contributed by atoms with Gasteiger partial charge in [-0.25, -0.2) is 13.4 Å². The average Bonchev–Trinajstić information content (AvgIpc) is 3.05. The third kappa shape index (κ3) is 6.83. The van der Waals surface area contributed by atoms with Crippen LogP contribution in [0.2, 0.25) is 0 Å². The topological polar surface area (TPSA) is 110 Å². The Morgan fingerprint density at radius 3 is 2.38 bits per heavy atom. The fourth-order valence-electron chi connectivity index (χ4n) is 2.50. The van der Waals surface area contributed by atoms with Gasteiger partial charge in [0.1, 0.15) is 18.8 Å². The number of hydrogen-bond donors (Lipinski definition) is 2. The van der Waals surface area contributed by atoms with E-state index in [-0.39, 0.29) is 5.75 Å². The molecule has 0 aromatic heterocycles. The maximum Gasteiger partial charge on any atom is 0.215 e. The Morgan fingerprint density at radius 1 is 1.19 bits per heavy atom. The van der Waals surface area contributed by atoms with Crippen molar-refractivity contribution in [2.75, 3.05) is 30.8 Å². The van der Waals surface area contributed by atoms with Crippen LogP contribution in [-0.4, -0.2) is 49.8 Å². The second-order valence-corrected chi connectivity index (χ2v) is 7.42. The molecule has 7 nitrogen and oxygen atoms in total. The van der Waals surface area contributed by atoms with E-state index >= 15 is 0 Å². The number of benzene rings is 2. The molecule has 0 saturated heterocycles. The zero-order chi connectivity index (χ0) is 19.2. The minimum absolute atomic E-state index is 0.280. The van der Waals surface area contributed by atoms with E-state index in [0.29, 0.717) is 6.26 Å². The average molecular weight is 377 g/mol. The molecule has 0 atom stereocenters. The summed E-state index contributed by atoms with van der Waals surface area (Å²) in [6.45, 7) is 4.72. The van der Waals surface area contributed by atoms with Crippen LogP contribution in [0.1, 0.15) is 5.56 Å². The minimum atomic E-state index is -3.92. The molecule has 3 rings (SSSR count). The molecular formula is C18H23N3O4S. The molecule has 1 aliphatic heterocycles. The number of nitrogens with two attached hydrogens (primary N) is 1. The van der Waals surface area contributed by atoms with E-state index in [0.717, 1.165) is 36.8 Å². The van der Waals surface area contributed by atoms with Crippen LogP contribution in [0.5, 0.6) is 5.75 Å². The van der Waals surface area contributed by atoms with Crippen molar-refractivity contribution in [1.29, 1.82) is 0 Å². The summed E-state index contributed by atoms with van der Waals surface area (Å²) >= 11 is 0. The maximum absolute atomic E-state index is 9.75. The number of amidine groups is 1. The van der Waals surface area contributed by atoms with E-state index in [9.17, 15) is 5.11 Å². The second kappa shape index (κ2) is 8.79. The van der Waals surface area contributed by atoms with E-state index < -0.39 is 10.1 Å². The van der Waals surface area contributed by atoms with Gasteiger partial charge in [-0.3, -0.25) is 5.32 Å². The van der Waals surface area contributed by atoms with E-state index in [1.54, 1.807) is 12.1 Å². The maximum atomic E-state index is 9.75. The van der Waals surface area contributed by atoms with Crippen molar-refractivity contribution in [1.82, 2.24) is 0 Å². The van der Waals surface area contributed by atoms with Gasteiger partial charge in [0.2, 0.25) is 5.84 Å². The zero-order valence-corrected chi connectivity index (χ0v) is 15.6.